The van der Waals surface area contributed by atoms with Gasteiger partial charge in [-0.05, 0) is 6.92 Å². The van der Waals surface area contributed by atoms with Gasteiger partial charge in [0.15, 0.2) is 0 Å². The Morgan fingerprint density at radius 1 is 1.62 bits per heavy atom. The van der Waals surface area contributed by atoms with Gasteiger partial charge in [0.05, 0.1) is 6.10 Å². The molecule has 0 radical (unpaired) electrons. The molecule has 3 heteroatoms. The molecule has 0 spiro atoms. The summed E-state index contributed by atoms with van der Waals surface area (Å²) in [6.45, 7) is 1.61. The smallest absolute Gasteiger partial charge is 0.384 e. The second-order valence-corrected chi connectivity index (χ2v) is 3.08. The molecule has 2 aliphatic rings. The molecule has 1 fully saturated rings. The minimum atomic E-state index is -0.461. The molecule has 0 aromatic heterocycles. The topological polar surface area (TPSA) is 35.5 Å². The third-order valence-corrected chi connectivity index (χ3v) is 2.16. The van der Waals surface area contributed by atoms with E-state index in [0.717, 1.165) is 6.42 Å². The molecular weight excluding hydrogens is 168 g/mol. The van der Waals surface area contributed by atoms with E-state index < -0.39 is 5.97 Å². The number of carbonyl (C=O) groups excluding carboxylic acids is 1. The molecule has 1 saturated heterocycles. The second-order valence-electron chi connectivity index (χ2n) is 3.08. The molecule has 13 heavy (non-hydrogen) atoms. The van der Waals surface area contributed by atoms with Crippen molar-refractivity contribution in [2.45, 2.75) is 31.7 Å². The van der Waals surface area contributed by atoms with E-state index in [1.165, 1.54) is 0 Å². The van der Waals surface area contributed by atoms with Crippen LogP contribution < -0.4 is 0 Å². The standard InChI is InChI=1S/C10H10O3/c1-2-3-10(11)13-9-6-7-4-5-8(9)12-7/h4-5,7-9H,6H2,1H3/t7-,8+,9+/m1/s1. The molecule has 0 amide bonds. The highest BCUT2D eigenvalue weighted by atomic mass is 16.6. The Morgan fingerprint density at radius 3 is 3.00 bits per heavy atom. The van der Waals surface area contributed by atoms with E-state index in [0.29, 0.717) is 0 Å². The number of rotatable bonds is 1. The molecule has 0 unspecified atom stereocenters. The molecule has 2 rings (SSSR count). The maximum Gasteiger partial charge on any atom is 0.384 e. The fraction of sp³-hybridized carbons (Fsp3) is 0.500. The van der Waals surface area contributed by atoms with Crippen molar-refractivity contribution in [3.05, 3.63) is 12.2 Å². The van der Waals surface area contributed by atoms with Gasteiger partial charge in [0.2, 0.25) is 0 Å². The zero-order valence-electron chi connectivity index (χ0n) is 7.32. The predicted octanol–water partition coefficient (Wildman–Crippen LogP) is 0.649. The van der Waals surface area contributed by atoms with Crippen molar-refractivity contribution in [3.8, 4) is 11.8 Å². The molecular formula is C10H10O3. The number of ether oxygens (including phenoxy) is 2. The summed E-state index contributed by atoms with van der Waals surface area (Å²) in [5.41, 5.74) is 0. The molecule has 3 atom stereocenters. The Morgan fingerprint density at radius 2 is 2.46 bits per heavy atom. The SMILES string of the molecule is CC#CC(=O)O[C@H]1C[C@H]2C=C[C@@H]1O2. The molecule has 0 aromatic rings. The van der Waals surface area contributed by atoms with Crippen LogP contribution in [0.3, 0.4) is 0 Å². The van der Waals surface area contributed by atoms with Crippen molar-refractivity contribution in [2.75, 3.05) is 0 Å². The molecule has 0 saturated carbocycles. The summed E-state index contributed by atoms with van der Waals surface area (Å²) in [6.07, 6.45) is 4.65. The first kappa shape index (κ1) is 8.33. The van der Waals surface area contributed by atoms with E-state index in [2.05, 4.69) is 11.8 Å². The van der Waals surface area contributed by atoms with Gasteiger partial charge in [0.1, 0.15) is 12.2 Å². The van der Waals surface area contributed by atoms with Crippen LogP contribution in [0.5, 0.6) is 0 Å². The average molecular weight is 178 g/mol. The van der Waals surface area contributed by atoms with E-state index in [4.69, 9.17) is 9.47 Å². The summed E-state index contributed by atoms with van der Waals surface area (Å²) in [5, 5.41) is 0. The van der Waals surface area contributed by atoms with Crippen LogP contribution in [-0.4, -0.2) is 24.3 Å². The van der Waals surface area contributed by atoms with Crippen molar-refractivity contribution in [3.63, 3.8) is 0 Å². The predicted molar refractivity (Wildman–Crippen MR) is 45.7 cm³/mol. The van der Waals surface area contributed by atoms with Crippen molar-refractivity contribution < 1.29 is 14.3 Å². The van der Waals surface area contributed by atoms with Gasteiger partial charge < -0.3 is 9.47 Å². The molecule has 2 heterocycles. The Hall–Kier alpha value is -1.27. The van der Waals surface area contributed by atoms with E-state index >= 15 is 0 Å². The first-order valence-electron chi connectivity index (χ1n) is 4.27. The number of hydrogen-bond acceptors (Lipinski definition) is 3. The second kappa shape index (κ2) is 3.23. The van der Waals surface area contributed by atoms with Crippen molar-refractivity contribution in [1.82, 2.24) is 0 Å². The lowest BCUT2D eigenvalue weighted by Gasteiger charge is -2.14. The molecule has 2 aliphatic heterocycles. The highest BCUT2D eigenvalue weighted by Crippen LogP contribution is 2.30. The third kappa shape index (κ3) is 1.58. The fourth-order valence-corrected chi connectivity index (χ4v) is 1.62. The maximum absolute atomic E-state index is 11.0. The summed E-state index contributed by atoms with van der Waals surface area (Å²) in [5.74, 6) is 4.38. The van der Waals surface area contributed by atoms with Gasteiger partial charge in [0.25, 0.3) is 0 Å². The van der Waals surface area contributed by atoms with Gasteiger partial charge in [-0.1, -0.05) is 18.1 Å². The quantitative estimate of drug-likeness (QED) is 0.256. The Labute approximate surface area is 76.7 Å². The highest BCUT2D eigenvalue weighted by molar-refractivity contribution is 5.88. The highest BCUT2D eigenvalue weighted by Gasteiger charge is 2.38. The zero-order chi connectivity index (χ0) is 9.26. The maximum atomic E-state index is 11.0. The number of hydrogen-bond donors (Lipinski definition) is 0. The summed E-state index contributed by atoms with van der Waals surface area (Å²) >= 11 is 0. The number of fused-ring (bicyclic) bond motifs is 2. The number of esters is 1. The lowest BCUT2D eigenvalue weighted by atomic mass is 10.1. The summed E-state index contributed by atoms with van der Waals surface area (Å²) in [4.78, 5) is 11.0. The van der Waals surface area contributed by atoms with Gasteiger partial charge in [-0.2, -0.15) is 0 Å². The van der Waals surface area contributed by atoms with Crippen LogP contribution in [0, 0.1) is 11.8 Å². The Kier molecular flexibility index (Phi) is 2.07. The Balaban J connectivity index is 1.93. The van der Waals surface area contributed by atoms with E-state index in [1.54, 1.807) is 6.92 Å². The normalized spacial score (nSPS) is 34.1. The van der Waals surface area contributed by atoms with E-state index in [9.17, 15) is 4.79 Å². The van der Waals surface area contributed by atoms with Crippen LogP contribution in [0.2, 0.25) is 0 Å². The third-order valence-electron chi connectivity index (χ3n) is 2.16. The van der Waals surface area contributed by atoms with Gasteiger partial charge in [-0.3, -0.25) is 0 Å². The van der Waals surface area contributed by atoms with Crippen LogP contribution in [0.15, 0.2) is 12.2 Å². The molecule has 68 valence electrons. The van der Waals surface area contributed by atoms with Crippen LogP contribution in [0.4, 0.5) is 0 Å². The van der Waals surface area contributed by atoms with E-state index in [1.807, 2.05) is 12.2 Å². The molecule has 0 aliphatic carbocycles. The minimum Gasteiger partial charge on any atom is -0.450 e. The van der Waals surface area contributed by atoms with Crippen molar-refractivity contribution >= 4 is 5.97 Å². The Bertz CT molecular complexity index is 308. The largest absolute Gasteiger partial charge is 0.450 e. The average Bonchev–Trinajstić information content (AvgIpc) is 2.65. The summed E-state index contributed by atoms with van der Waals surface area (Å²) < 4.78 is 10.5. The van der Waals surface area contributed by atoms with Gasteiger partial charge >= 0.3 is 5.97 Å². The summed E-state index contributed by atoms with van der Waals surface area (Å²) in [6, 6.07) is 0. The molecule has 0 N–H and O–H groups in total. The van der Waals surface area contributed by atoms with Gasteiger partial charge in [-0.15, -0.1) is 0 Å². The van der Waals surface area contributed by atoms with Crippen LogP contribution >= 0.6 is 0 Å². The number of carbonyl (C=O) groups is 1. The van der Waals surface area contributed by atoms with Gasteiger partial charge in [-0.25, -0.2) is 4.79 Å². The fourth-order valence-electron chi connectivity index (χ4n) is 1.62. The van der Waals surface area contributed by atoms with Crippen molar-refractivity contribution in [2.24, 2.45) is 0 Å². The zero-order valence-corrected chi connectivity index (χ0v) is 7.32. The first-order chi connectivity index (χ1) is 6.29. The lowest BCUT2D eigenvalue weighted by molar-refractivity contribution is -0.143. The first-order valence-corrected chi connectivity index (χ1v) is 4.27. The lowest BCUT2D eigenvalue weighted by Crippen LogP contribution is -2.25. The minimum absolute atomic E-state index is 0.0485. The van der Waals surface area contributed by atoms with Crippen LogP contribution in [0.1, 0.15) is 13.3 Å². The van der Waals surface area contributed by atoms with Crippen LogP contribution in [-0.2, 0) is 14.3 Å². The molecule has 3 nitrogen and oxygen atoms in total. The molecule has 2 bridgehead atoms. The monoisotopic (exact) mass is 178 g/mol. The van der Waals surface area contributed by atoms with Crippen LogP contribution in [0.25, 0.3) is 0 Å². The van der Waals surface area contributed by atoms with Crippen molar-refractivity contribution in [1.29, 1.82) is 0 Å². The summed E-state index contributed by atoms with van der Waals surface area (Å²) in [7, 11) is 0. The van der Waals surface area contributed by atoms with E-state index in [-0.39, 0.29) is 18.3 Å². The van der Waals surface area contributed by atoms with Gasteiger partial charge in [0, 0.05) is 12.3 Å². The molecule has 0 aromatic carbocycles.